The molecule has 0 spiro atoms. The van der Waals surface area contributed by atoms with Crippen LogP contribution in [-0.2, 0) is 0 Å². The van der Waals surface area contributed by atoms with E-state index in [9.17, 15) is 4.79 Å². The minimum absolute atomic E-state index is 0.0560. The molecule has 1 atom stereocenters. The van der Waals surface area contributed by atoms with Gasteiger partial charge in [0.05, 0.1) is 20.8 Å². The number of likely N-dealkylation sites (tertiary alicyclic amines) is 1. The third-order valence-corrected chi connectivity index (χ3v) is 3.26. The van der Waals surface area contributed by atoms with E-state index in [4.69, 9.17) is 25.8 Å². The highest BCUT2D eigenvalue weighted by molar-refractivity contribution is 6.62. The number of carbonyl (C=O) groups is 1. The Kier molecular flexibility index (Phi) is 4.37. The van der Waals surface area contributed by atoms with Crippen molar-refractivity contribution in [2.75, 3.05) is 27.3 Å². The number of amides is 1. The van der Waals surface area contributed by atoms with Crippen LogP contribution in [0.4, 0.5) is 4.79 Å². The van der Waals surface area contributed by atoms with Crippen molar-refractivity contribution in [1.29, 1.82) is 0 Å². The molecular formula is C13H16ClNO4. The van der Waals surface area contributed by atoms with Gasteiger partial charge in [0, 0.05) is 31.2 Å². The topological polar surface area (TPSA) is 48.0 Å². The molecule has 0 radical (unpaired) electrons. The smallest absolute Gasteiger partial charge is 0.316 e. The number of hydrogen-bond donors (Lipinski definition) is 0. The summed E-state index contributed by atoms with van der Waals surface area (Å²) >= 11 is 5.44. The zero-order valence-corrected chi connectivity index (χ0v) is 11.6. The predicted octanol–water partition coefficient (Wildman–Crippen LogP) is 2.52. The van der Waals surface area contributed by atoms with Crippen molar-refractivity contribution in [3.63, 3.8) is 0 Å². The summed E-state index contributed by atoms with van der Waals surface area (Å²) in [6.07, 6.45) is 0.706. The lowest BCUT2D eigenvalue weighted by Crippen LogP contribution is -2.26. The number of hydrogen-bond acceptors (Lipinski definition) is 4. The molecule has 0 aromatic heterocycles. The molecule has 1 unspecified atom stereocenters. The third-order valence-electron chi connectivity index (χ3n) is 3.02. The maximum absolute atomic E-state index is 11.0. The molecule has 2 rings (SSSR count). The lowest BCUT2D eigenvalue weighted by atomic mass is 10.3. The predicted molar refractivity (Wildman–Crippen MR) is 71.4 cm³/mol. The second kappa shape index (κ2) is 6.02. The van der Waals surface area contributed by atoms with Gasteiger partial charge in [-0.15, -0.1) is 0 Å². The fourth-order valence-electron chi connectivity index (χ4n) is 2.03. The summed E-state index contributed by atoms with van der Waals surface area (Å²) in [5, 5.41) is -0.436. The van der Waals surface area contributed by atoms with E-state index in [0.29, 0.717) is 30.3 Å². The van der Waals surface area contributed by atoms with Crippen molar-refractivity contribution in [2.24, 2.45) is 0 Å². The van der Waals surface area contributed by atoms with Gasteiger partial charge in [0.25, 0.3) is 0 Å². The molecule has 1 fully saturated rings. The Balaban J connectivity index is 2.05. The van der Waals surface area contributed by atoms with Gasteiger partial charge in [-0.2, -0.15) is 0 Å². The fourth-order valence-corrected chi connectivity index (χ4v) is 2.18. The van der Waals surface area contributed by atoms with Gasteiger partial charge in [-0.25, -0.2) is 0 Å². The zero-order chi connectivity index (χ0) is 13.8. The molecule has 1 aromatic carbocycles. The highest BCUT2D eigenvalue weighted by atomic mass is 35.5. The average Bonchev–Trinajstić information content (AvgIpc) is 2.87. The van der Waals surface area contributed by atoms with Crippen LogP contribution in [0.25, 0.3) is 0 Å². The van der Waals surface area contributed by atoms with Crippen LogP contribution in [0.1, 0.15) is 6.42 Å². The summed E-state index contributed by atoms with van der Waals surface area (Å²) < 4.78 is 16.2. The normalized spacial score (nSPS) is 18.3. The van der Waals surface area contributed by atoms with E-state index in [1.807, 2.05) is 0 Å². The van der Waals surface area contributed by atoms with Crippen molar-refractivity contribution < 1.29 is 19.0 Å². The maximum atomic E-state index is 11.0. The van der Waals surface area contributed by atoms with Gasteiger partial charge in [-0.1, -0.05) is 0 Å². The van der Waals surface area contributed by atoms with Crippen LogP contribution < -0.4 is 14.2 Å². The van der Waals surface area contributed by atoms with Crippen LogP contribution in [0.2, 0.25) is 0 Å². The third kappa shape index (κ3) is 3.44. The molecule has 1 amide bonds. The molecule has 1 heterocycles. The second-order valence-corrected chi connectivity index (χ2v) is 4.60. The highest BCUT2D eigenvalue weighted by Crippen LogP contribution is 2.29. The van der Waals surface area contributed by atoms with E-state index in [1.165, 1.54) is 0 Å². The summed E-state index contributed by atoms with van der Waals surface area (Å²) in [5.41, 5.74) is 0. The van der Waals surface area contributed by atoms with E-state index in [1.54, 1.807) is 37.3 Å². The molecule has 1 aliphatic heterocycles. The number of methoxy groups -OCH3 is 2. The van der Waals surface area contributed by atoms with Crippen molar-refractivity contribution in [2.45, 2.75) is 12.5 Å². The number of halogens is 1. The van der Waals surface area contributed by atoms with E-state index >= 15 is 0 Å². The first-order valence-electron chi connectivity index (χ1n) is 5.96. The molecule has 0 saturated carbocycles. The largest absolute Gasteiger partial charge is 0.496 e. The number of carbonyl (C=O) groups excluding carboxylic acids is 1. The minimum Gasteiger partial charge on any atom is -0.496 e. The van der Waals surface area contributed by atoms with Crippen LogP contribution in [0.3, 0.4) is 0 Å². The standard InChI is InChI=1S/C13H16ClNO4/c1-17-10-5-11(18-2)7-12(6-10)19-9-3-4-15(8-9)13(14)16/h5-7,9H,3-4,8H2,1-2H3. The zero-order valence-electron chi connectivity index (χ0n) is 10.9. The van der Waals surface area contributed by atoms with Crippen LogP contribution in [0, 0.1) is 0 Å². The van der Waals surface area contributed by atoms with Gasteiger partial charge in [-0.05, 0) is 11.6 Å². The van der Waals surface area contributed by atoms with Crippen molar-refractivity contribution >= 4 is 17.0 Å². The Morgan fingerprint density at radius 1 is 1.21 bits per heavy atom. The Morgan fingerprint density at radius 3 is 2.26 bits per heavy atom. The first-order chi connectivity index (χ1) is 9.12. The van der Waals surface area contributed by atoms with Crippen LogP contribution in [-0.4, -0.2) is 43.7 Å². The van der Waals surface area contributed by atoms with E-state index in [0.717, 1.165) is 6.42 Å². The molecule has 6 heteroatoms. The summed E-state index contributed by atoms with van der Waals surface area (Å²) in [6.45, 7) is 1.12. The second-order valence-electron chi connectivity index (χ2n) is 4.28. The monoisotopic (exact) mass is 285 g/mol. The molecule has 1 aliphatic rings. The van der Waals surface area contributed by atoms with Crippen LogP contribution in [0.15, 0.2) is 18.2 Å². The van der Waals surface area contributed by atoms with Crippen molar-refractivity contribution in [3.05, 3.63) is 18.2 Å². The number of nitrogens with zero attached hydrogens (tertiary/aromatic N) is 1. The Hall–Kier alpha value is -1.62. The first kappa shape index (κ1) is 13.8. The van der Waals surface area contributed by atoms with E-state index in [2.05, 4.69) is 0 Å². The average molecular weight is 286 g/mol. The van der Waals surface area contributed by atoms with Gasteiger partial charge < -0.3 is 19.1 Å². The summed E-state index contributed by atoms with van der Waals surface area (Å²) in [7, 11) is 3.17. The van der Waals surface area contributed by atoms with Gasteiger partial charge >= 0.3 is 5.37 Å². The Morgan fingerprint density at radius 2 is 1.79 bits per heavy atom. The lowest BCUT2D eigenvalue weighted by molar-refractivity contribution is 0.198. The number of rotatable bonds is 4. The van der Waals surface area contributed by atoms with Gasteiger partial charge in [0.1, 0.15) is 23.4 Å². The molecule has 19 heavy (non-hydrogen) atoms. The molecule has 0 bridgehead atoms. The Bertz CT molecular complexity index is 444. The van der Waals surface area contributed by atoms with Gasteiger partial charge in [-0.3, -0.25) is 4.79 Å². The molecule has 0 N–H and O–H groups in total. The Labute approximate surface area is 117 Å². The van der Waals surface area contributed by atoms with E-state index < -0.39 is 5.37 Å². The number of ether oxygens (including phenoxy) is 3. The van der Waals surface area contributed by atoms with Crippen LogP contribution in [0.5, 0.6) is 17.2 Å². The SMILES string of the molecule is COc1cc(OC)cc(OC2CCN(C(=O)Cl)C2)c1. The minimum atomic E-state index is -0.436. The van der Waals surface area contributed by atoms with Crippen molar-refractivity contribution in [3.8, 4) is 17.2 Å². The summed E-state index contributed by atoms with van der Waals surface area (Å²) in [5.74, 6) is 1.99. The lowest BCUT2D eigenvalue weighted by Gasteiger charge is -2.16. The molecule has 0 aliphatic carbocycles. The summed E-state index contributed by atoms with van der Waals surface area (Å²) in [6, 6.07) is 5.34. The van der Waals surface area contributed by atoms with Crippen LogP contribution >= 0.6 is 11.6 Å². The quantitative estimate of drug-likeness (QED) is 0.630. The molecule has 104 valence electrons. The van der Waals surface area contributed by atoms with Gasteiger partial charge in [0.2, 0.25) is 0 Å². The molecular weight excluding hydrogens is 270 g/mol. The first-order valence-corrected chi connectivity index (χ1v) is 6.34. The molecule has 1 aromatic rings. The fraction of sp³-hybridized carbons (Fsp3) is 0.462. The maximum Gasteiger partial charge on any atom is 0.316 e. The van der Waals surface area contributed by atoms with Gasteiger partial charge in [0.15, 0.2) is 0 Å². The van der Waals surface area contributed by atoms with E-state index in [-0.39, 0.29) is 6.10 Å². The van der Waals surface area contributed by atoms with Crippen molar-refractivity contribution in [1.82, 2.24) is 4.90 Å². The highest BCUT2D eigenvalue weighted by Gasteiger charge is 2.26. The molecule has 1 saturated heterocycles. The number of benzene rings is 1. The molecule has 5 nitrogen and oxygen atoms in total. The summed E-state index contributed by atoms with van der Waals surface area (Å²) in [4.78, 5) is 12.6.